The zero-order chi connectivity index (χ0) is 23.9. The lowest BCUT2D eigenvalue weighted by Crippen LogP contribution is -2.37. The van der Waals surface area contributed by atoms with Crippen molar-refractivity contribution >= 4 is 17.4 Å². The average molecular weight is 448 g/mol. The van der Waals surface area contributed by atoms with Crippen molar-refractivity contribution in [3.8, 4) is 5.75 Å². The number of aliphatic hydroxyl groups is 1. The Hall–Kier alpha value is -3.08. The number of carbonyl (C=O) groups excluding carboxylic acids is 2. The number of ether oxygens (including phenoxy) is 1. The molecule has 33 heavy (non-hydrogen) atoms. The molecule has 0 bridgehead atoms. The van der Waals surface area contributed by atoms with Gasteiger partial charge in [-0.2, -0.15) is 0 Å². The molecule has 0 aromatic heterocycles. The molecule has 0 spiro atoms. The molecule has 174 valence electrons. The van der Waals surface area contributed by atoms with Crippen LogP contribution >= 0.6 is 0 Å². The first-order valence-corrected chi connectivity index (χ1v) is 11.8. The van der Waals surface area contributed by atoms with Crippen LogP contribution in [0.5, 0.6) is 5.75 Å². The van der Waals surface area contributed by atoms with Gasteiger partial charge in [-0.15, -0.1) is 0 Å². The highest BCUT2D eigenvalue weighted by Gasteiger charge is 2.49. The number of methoxy groups -OCH3 is 1. The van der Waals surface area contributed by atoms with Gasteiger partial charge in [0, 0.05) is 11.6 Å². The van der Waals surface area contributed by atoms with Gasteiger partial charge in [-0.3, -0.25) is 9.59 Å². The molecule has 1 saturated carbocycles. The summed E-state index contributed by atoms with van der Waals surface area (Å²) in [5, 5.41) is 11.5. The smallest absolute Gasteiger partial charge is 0.295 e. The van der Waals surface area contributed by atoms with Crippen LogP contribution in [0.25, 0.3) is 5.76 Å². The minimum Gasteiger partial charge on any atom is -0.507 e. The number of ketones is 1. The summed E-state index contributed by atoms with van der Waals surface area (Å²) < 4.78 is 5.40. The second-order valence-electron chi connectivity index (χ2n) is 9.60. The molecule has 2 aromatic rings. The summed E-state index contributed by atoms with van der Waals surface area (Å²) in [4.78, 5) is 28.3. The lowest BCUT2D eigenvalue weighted by atomic mass is 9.91. The zero-order valence-corrected chi connectivity index (χ0v) is 20.1. The number of aryl methyl sites for hydroxylation is 2. The number of likely N-dealkylation sites (tertiary alicyclic amines) is 1. The molecular weight excluding hydrogens is 414 g/mol. The van der Waals surface area contributed by atoms with Crippen LogP contribution in [0.4, 0.5) is 0 Å². The number of amides is 1. The number of aliphatic hydroxyl groups excluding tert-OH is 1. The molecule has 2 fully saturated rings. The number of rotatable bonds is 5. The monoisotopic (exact) mass is 447 g/mol. The van der Waals surface area contributed by atoms with E-state index in [1.807, 2.05) is 38.1 Å². The van der Waals surface area contributed by atoms with Gasteiger partial charge in [0.15, 0.2) is 0 Å². The van der Waals surface area contributed by atoms with E-state index in [4.69, 9.17) is 4.74 Å². The highest BCUT2D eigenvalue weighted by Crippen LogP contribution is 2.44. The maximum absolute atomic E-state index is 13.3. The first-order chi connectivity index (χ1) is 15.7. The van der Waals surface area contributed by atoms with Crippen LogP contribution in [0.3, 0.4) is 0 Å². The highest BCUT2D eigenvalue weighted by molar-refractivity contribution is 6.46. The molecule has 5 nitrogen and oxygen atoms in total. The van der Waals surface area contributed by atoms with Crippen molar-refractivity contribution in [1.29, 1.82) is 0 Å². The van der Waals surface area contributed by atoms with Crippen LogP contribution in [0.1, 0.15) is 79.3 Å². The van der Waals surface area contributed by atoms with Crippen molar-refractivity contribution in [1.82, 2.24) is 4.90 Å². The van der Waals surface area contributed by atoms with E-state index < -0.39 is 17.7 Å². The first kappa shape index (κ1) is 23.1. The van der Waals surface area contributed by atoms with E-state index in [0.717, 1.165) is 48.1 Å². The average Bonchev–Trinajstić information content (AvgIpc) is 3.41. The Balaban J connectivity index is 1.89. The molecule has 4 rings (SSSR count). The number of carbonyl (C=O) groups is 2. The number of Topliss-reactive ketones (excluding diaryl/α,β-unsaturated/α-hetero) is 1. The Morgan fingerprint density at radius 3 is 2.24 bits per heavy atom. The molecule has 1 amide bonds. The molecule has 2 aliphatic rings. The van der Waals surface area contributed by atoms with Gasteiger partial charge in [0.25, 0.3) is 11.7 Å². The van der Waals surface area contributed by atoms with E-state index in [-0.39, 0.29) is 17.4 Å². The van der Waals surface area contributed by atoms with Gasteiger partial charge in [0.2, 0.25) is 0 Å². The molecule has 1 heterocycles. The van der Waals surface area contributed by atoms with Crippen LogP contribution < -0.4 is 4.74 Å². The van der Waals surface area contributed by atoms with E-state index >= 15 is 0 Å². The predicted molar refractivity (Wildman–Crippen MR) is 129 cm³/mol. The topological polar surface area (TPSA) is 66.8 Å². The van der Waals surface area contributed by atoms with Crippen molar-refractivity contribution in [2.24, 2.45) is 0 Å². The quantitative estimate of drug-likeness (QED) is 0.357. The normalized spacial score (nSPS) is 20.8. The highest BCUT2D eigenvalue weighted by atomic mass is 16.5. The molecule has 0 radical (unpaired) electrons. The van der Waals surface area contributed by atoms with Crippen LogP contribution in [0.15, 0.2) is 42.0 Å². The molecule has 1 saturated heterocycles. The first-order valence-electron chi connectivity index (χ1n) is 11.8. The van der Waals surface area contributed by atoms with Crippen molar-refractivity contribution in [3.63, 3.8) is 0 Å². The molecule has 1 unspecified atom stereocenters. The van der Waals surface area contributed by atoms with Gasteiger partial charge in [-0.1, -0.05) is 51.0 Å². The Kier molecular flexibility index (Phi) is 6.33. The molecule has 1 N–H and O–H groups in total. The van der Waals surface area contributed by atoms with E-state index in [1.165, 1.54) is 5.56 Å². The molecule has 1 atom stereocenters. The number of hydrogen-bond acceptors (Lipinski definition) is 4. The van der Waals surface area contributed by atoms with Crippen molar-refractivity contribution < 1.29 is 19.4 Å². The minimum absolute atomic E-state index is 0.0141. The van der Waals surface area contributed by atoms with Gasteiger partial charge in [0.05, 0.1) is 18.7 Å². The van der Waals surface area contributed by atoms with Gasteiger partial charge in [0.1, 0.15) is 11.5 Å². The van der Waals surface area contributed by atoms with Crippen LogP contribution in [0.2, 0.25) is 0 Å². The van der Waals surface area contributed by atoms with Gasteiger partial charge in [-0.05, 0) is 67.0 Å². The van der Waals surface area contributed by atoms with Crippen LogP contribution in [0, 0.1) is 13.8 Å². The molecule has 1 aliphatic carbocycles. The lowest BCUT2D eigenvalue weighted by molar-refractivity contribution is -0.141. The van der Waals surface area contributed by atoms with Gasteiger partial charge in [-0.25, -0.2) is 0 Å². The van der Waals surface area contributed by atoms with Crippen molar-refractivity contribution in [2.45, 2.75) is 71.4 Å². The fourth-order valence-corrected chi connectivity index (χ4v) is 5.21. The summed E-state index contributed by atoms with van der Waals surface area (Å²) in [6, 6.07) is 11.2. The third kappa shape index (κ3) is 4.05. The molecular formula is C28H33NO4. The summed E-state index contributed by atoms with van der Waals surface area (Å²) in [7, 11) is 1.61. The van der Waals surface area contributed by atoms with Gasteiger partial charge < -0.3 is 14.7 Å². The second-order valence-corrected chi connectivity index (χ2v) is 9.60. The summed E-state index contributed by atoms with van der Waals surface area (Å²) in [5.74, 6) is -0.133. The van der Waals surface area contributed by atoms with E-state index in [2.05, 4.69) is 26.0 Å². The SMILES string of the molecule is COc1cc(C)c(/C(O)=C2\C(=O)C(=O)N(C3CCCC3)C2c2ccc(C(C)C)cc2)cc1C. The zero-order valence-electron chi connectivity index (χ0n) is 20.1. The Labute approximate surface area is 196 Å². The number of nitrogens with zero attached hydrogens (tertiary/aromatic N) is 1. The van der Waals surface area contributed by atoms with E-state index in [0.29, 0.717) is 11.5 Å². The Morgan fingerprint density at radius 1 is 1.03 bits per heavy atom. The Morgan fingerprint density at radius 2 is 1.67 bits per heavy atom. The fourth-order valence-electron chi connectivity index (χ4n) is 5.21. The van der Waals surface area contributed by atoms with E-state index in [9.17, 15) is 14.7 Å². The van der Waals surface area contributed by atoms with Crippen molar-refractivity contribution in [2.75, 3.05) is 7.11 Å². The second kappa shape index (κ2) is 9.05. The van der Waals surface area contributed by atoms with E-state index in [1.54, 1.807) is 12.0 Å². The number of hydrogen-bond donors (Lipinski definition) is 1. The van der Waals surface area contributed by atoms with Gasteiger partial charge >= 0.3 is 0 Å². The Bertz CT molecular complexity index is 1110. The van der Waals surface area contributed by atoms with Crippen molar-refractivity contribution in [3.05, 3.63) is 69.8 Å². The fraction of sp³-hybridized carbons (Fsp3) is 0.429. The standard InChI is InChI=1S/C28H33NO4/c1-16(2)19-10-12-20(13-11-19)25-24(27(31)28(32)29(25)21-8-6-7-9-21)26(30)22-14-18(4)23(33-5)15-17(22)3/h10-16,21,25,30H,6-9H2,1-5H3/b26-24+. The molecule has 1 aliphatic heterocycles. The third-order valence-electron chi connectivity index (χ3n) is 7.11. The minimum atomic E-state index is -0.606. The lowest BCUT2D eigenvalue weighted by Gasteiger charge is -2.31. The van der Waals surface area contributed by atoms with Crippen LogP contribution in [-0.2, 0) is 9.59 Å². The summed E-state index contributed by atoms with van der Waals surface area (Å²) in [6.45, 7) is 8.04. The largest absolute Gasteiger partial charge is 0.507 e. The maximum atomic E-state index is 13.3. The summed E-state index contributed by atoms with van der Waals surface area (Å²) in [5.41, 5.74) is 4.43. The van der Waals surface area contributed by atoms with Crippen LogP contribution in [-0.4, -0.2) is 34.8 Å². The number of benzene rings is 2. The maximum Gasteiger partial charge on any atom is 0.295 e. The summed E-state index contributed by atoms with van der Waals surface area (Å²) in [6.07, 6.45) is 3.86. The predicted octanol–water partition coefficient (Wildman–Crippen LogP) is 5.80. The molecule has 2 aromatic carbocycles. The summed E-state index contributed by atoms with van der Waals surface area (Å²) >= 11 is 0. The third-order valence-corrected chi connectivity index (χ3v) is 7.11. The molecule has 5 heteroatoms.